The van der Waals surface area contributed by atoms with Crippen molar-refractivity contribution >= 4 is 21.1 Å². The molecule has 0 unspecified atom stereocenters. The van der Waals surface area contributed by atoms with Crippen LogP contribution in [0.15, 0.2) is 58.2 Å². The van der Waals surface area contributed by atoms with Crippen LogP contribution in [-0.2, 0) is 22.0 Å². The van der Waals surface area contributed by atoms with E-state index in [0.29, 0.717) is 5.58 Å². The van der Waals surface area contributed by atoms with Crippen LogP contribution in [0.1, 0.15) is 31.9 Å². The number of aromatic nitrogens is 1. The van der Waals surface area contributed by atoms with E-state index in [1.807, 2.05) is 18.2 Å². The average Bonchev–Trinajstić information content (AvgIpc) is 3.00. The van der Waals surface area contributed by atoms with E-state index in [1.165, 1.54) is 6.39 Å². The van der Waals surface area contributed by atoms with Gasteiger partial charge in [-0.25, -0.2) is 18.1 Å². The van der Waals surface area contributed by atoms with Gasteiger partial charge in [0, 0.05) is 6.54 Å². The molecule has 0 aliphatic rings. The lowest BCUT2D eigenvalue weighted by molar-refractivity contribution is 0.578. The van der Waals surface area contributed by atoms with Gasteiger partial charge in [0.15, 0.2) is 12.0 Å². The van der Waals surface area contributed by atoms with Crippen molar-refractivity contribution in [3.63, 3.8) is 0 Å². The lowest BCUT2D eigenvalue weighted by atomic mass is 9.87. The maximum absolute atomic E-state index is 12.4. The molecular weight excluding hydrogens is 324 g/mol. The minimum absolute atomic E-state index is 0.0117. The Kier molecular flexibility index (Phi) is 4.19. The van der Waals surface area contributed by atoms with Crippen LogP contribution in [0.5, 0.6) is 0 Å². The van der Waals surface area contributed by atoms with E-state index in [0.717, 1.165) is 16.6 Å². The minimum atomic E-state index is -3.56. The molecule has 0 fully saturated rings. The Balaban J connectivity index is 1.75. The van der Waals surface area contributed by atoms with E-state index in [4.69, 9.17) is 4.42 Å². The molecule has 0 saturated heterocycles. The first-order valence-corrected chi connectivity index (χ1v) is 9.16. The predicted octanol–water partition coefficient (Wildman–Crippen LogP) is 3.60. The maximum Gasteiger partial charge on any atom is 0.240 e. The number of nitrogens with one attached hydrogen (secondary N) is 1. The first-order chi connectivity index (χ1) is 11.3. The van der Waals surface area contributed by atoms with Gasteiger partial charge in [-0.1, -0.05) is 39.0 Å². The quantitative estimate of drug-likeness (QED) is 0.785. The van der Waals surface area contributed by atoms with Crippen LogP contribution in [0.25, 0.3) is 11.1 Å². The van der Waals surface area contributed by atoms with E-state index in [1.54, 1.807) is 24.3 Å². The van der Waals surface area contributed by atoms with Gasteiger partial charge < -0.3 is 4.42 Å². The molecule has 0 saturated carbocycles. The van der Waals surface area contributed by atoms with Crippen LogP contribution < -0.4 is 4.72 Å². The zero-order valence-corrected chi connectivity index (χ0v) is 14.7. The van der Waals surface area contributed by atoms with Gasteiger partial charge in [-0.15, -0.1) is 0 Å². The highest BCUT2D eigenvalue weighted by molar-refractivity contribution is 7.89. The fraction of sp³-hybridized carbons (Fsp3) is 0.278. The first-order valence-electron chi connectivity index (χ1n) is 7.68. The van der Waals surface area contributed by atoms with Crippen molar-refractivity contribution in [2.24, 2.45) is 0 Å². The predicted molar refractivity (Wildman–Crippen MR) is 93.2 cm³/mol. The van der Waals surface area contributed by atoms with Crippen molar-refractivity contribution in [1.29, 1.82) is 0 Å². The summed E-state index contributed by atoms with van der Waals surface area (Å²) in [7, 11) is -3.56. The lowest BCUT2D eigenvalue weighted by Crippen LogP contribution is -2.23. The van der Waals surface area contributed by atoms with E-state index in [2.05, 4.69) is 30.5 Å². The summed E-state index contributed by atoms with van der Waals surface area (Å²) in [4.78, 5) is 4.30. The Hall–Kier alpha value is -2.18. The number of nitrogens with zero attached hydrogens (tertiary/aromatic N) is 1. The summed E-state index contributed by atoms with van der Waals surface area (Å²) >= 11 is 0. The molecule has 0 amide bonds. The molecule has 6 heteroatoms. The third-order valence-corrected chi connectivity index (χ3v) is 5.31. The zero-order valence-electron chi connectivity index (χ0n) is 13.9. The topological polar surface area (TPSA) is 72.2 Å². The Morgan fingerprint density at radius 3 is 2.46 bits per heavy atom. The molecule has 0 spiro atoms. The summed E-state index contributed by atoms with van der Waals surface area (Å²) in [5.41, 5.74) is 3.29. The van der Waals surface area contributed by atoms with E-state index >= 15 is 0 Å². The molecule has 24 heavy (non-hydrogen) atoms. The molecule has 2 aromatic carbocycles. The second-order valence-corrected chi connectivity index (χ2v) is 8.52. The molecule has 3 rings (SSSR count). The van der Waals surface area contributed by atoms with E-state index in [9.17, 15) is 8.42 Å². The molecule has 1 N–H and O–H groups in total. The normalized spacial score (nSPS) is 12.6. The van der Waals surface area contributed by atoms with Gasteiger partial charge in [0.1, 0.15) is 5.52 Å². The van der Waals surface area contributed by atoms with Crippen LogP contribution in [0, 0.1) is 0 Å². The first kappa shape index (κ1) is 16.7. The van der Waals surface area contributed by atoms with Gasteiger partial charge in [-0.2, -0.15) is 0 Å². The maximum atomic E-state index is 12.4. The summed E-state index contributed by atoms with van der Waals surface area (Å²) in [6, 6.07) is 12.4. The molecule has 0 radical (unpaired) electrons. The zero-order chi connectivity index (χ0) is 17.4. The second kappa shape index (κ2) is 6.03. The SMILES string of the molecule is CC(C)(C)c1ccc(S(=O)(=O)NCc2ccc3ncoc3c2)cc1. The molecule has 3 aromatic rings. The Labute approximate surface area is 141 Å². The summed E-state index contributed by atoms with van der Waals surface area (Å²) in [5, 5.41) is 0. The van der Waals surface area contributed by atoms with Gasteiger partial charge in [0.05, 0.1) is 4.90 Å². The van der Waals surface area contributed by atoms with Gasteiger partial charge >= 0.3 is 0 Å². The molecule has 0 aliphatic carbocycles. The van der Waals surface area contributed by atoms with Gasteiger partial charge in [-0.05, 0) is 40.8 Å². The molecule has 0 atom stereocenters. The summed E-state index contributed by atoms with van der Waals surface area (Å²) in [6.45, 7) is 6.47. The van der Waals surface area contributed by atoms with E-state index < -0.39 is 10.0 Å². The fourth-order valence-electron chi connectivity index (χ4n) is 2.41. The summed E-state index contributed by atoms with van der Waals surface area (Å²) < 4.78 is 32.7. The van der Waals surface area contributed by atoms with Gasteiger partial charge in [0.2, 0.25) is 10.0 Å². The molecule has 1 heterocycles. The number of hydrogen-bond acceptors (Lipinski definition) is 4. The van der Waals surface area contributed by atoms with Gasteiger partial charge in [-0.3, -0.25) is 0 Å². The van der Waals surface area contributed by atoms with Crippen LogP contribution in [-0.4, -0.2) is 13.4 Å². The van der Waals surface area contributed by atoms with Crippen LogP contribution in [0.3, 0.4) is 0 Å². The number of oxazole rings is 1. The fourth-order valence-corrected chi connectivity index (χ4v) is 3.42. The molecule has 0 bridgehead atoms. The largest absolute Gasteiger partial charge is 0.443 e. The summed E-state index contributed by atoms with van der Waals surface area (Å²) in [6.07, 6.45) is 1.37. The van der Waals surface area contributed by atoms with Crippen molar-refractivity contribution in [1.82, 2.24) is 9.71 Å². The van der Waals surface area contributed by atoms with Crippen molar-refractivity contribution < 1.29 is 12.8 Å². The number of hydrogen-bond donors (Lipinski definition) is 1. The van der Waals surface area contributed by atoms with Crippen molar-refractivity contribution in [3.8, 4) is 0 Å². The lowest BCUT2D eigenvalue weighted by Gasteiger charge is -2.19. The monoisotopic (exact) mass is 344 g/mol. The number of sulfonamides is 1. The summed E-state index contributed by atoms with van der Waals surface area (Å²) in [5.74, 6) is 0. The smallest absolute Gasteiger partial charge is 0.240 e. The molecule has 126 valence electrons. The van der Waals surface area contributed by atoms with Crippen molar-refractivity contribution in [2.75, 3.05) is 0 Å². The standard InChI is InChI=1S/C18H20N2O3S/c1-18(2,3)14-5-7-15(8-6-14)24(21,22)20-11-13-4-9-16-17(10-13)23-12-19-16/h4-10,12,20H,11H2,1-3H3. The van der Waals surface area contributed by atoms with Crippen LogP contribution in [0.2, 0.25) is 0 Å². The minimum Gasteiger partial charge on any atom is -0.443 e. The van der Waals surface area contributed by atoms with Crippen LogP contribution >= 0.6 is 0 Å². The number of fused-ring (bicyclic) bond motifs is 1. The Bertz CT molecular complexity index is 952. The highest BCUT2D eigenvalue weighted by atomic mass is 32.2. The van der Waals surface area contributed by atoms with Gasteiger partial charge in [0.25, 0.3) is 0 Å². The molecule has 0 aliphatic heterocycles. The average molecular weight is 344 g/mol. The molecule has 5 nitrogen and oxygen atoms in total. The second-order valence-electron chi connectivity index (χ2n) is 6.75. The Morgan fingerprint density at radius 1 is 1.08 bits per heavy atom. The highest BCUT2D eigenvalue weighted by Gasteiger charge is 2.17. The number of benzene rings is 2. The van der Waals surface area contributed by atoms with Crippen molar-refractivity contribution in [3.05, 3.63) is 60.0 Å². The van der Waals surface area contributed by atoms with Crippen molar-refractivity contribution in [2.45, 2.75) is 37.6 Å². The molecule has 1 aromatic heterocycles. The molecular formula is C18H20N2O3S. The highest BCUT2D eigenvalue weighted by Crippen LogP contribution is 2.23. The third-order valence-electron chi connectivity index (χ3n) is 3.89. The third kappa shape index (κ3) is 3.49. The number of rotatable bonds is 4. The van der Waals surface area contributed by atoms with Crippen LogP contribution in [0.4, 0.5) is 0 Å². The van der Waals surface area contributed by atoms with E-state index in [-0.39, 0.29) is 16.9 Å². The Morgan fingerprint density at radius 2 is 1.79 bits per heavy atom.